The molecule has 9 heteroatoms. The van der Waals surface area contributed by atoms with Crippen LogP contribution < -0.4 is 10.6 Å². The zero-order valence-electron chi connectivity index (χ0n) is 13.6. The van der Waals surface area contributed by atoms with Gasteiger partial charge in [0.05, 0.1) is 30.8 Å². The maximum Gasteiger partial charge on any atom is 0.478 e. The maximum atomic E-state index is 13.5. The van der Waals surface area contributed by atoms with Crippen molar-refractivity contribution in [3.05, 3.63) is 35.4 Å². The number of fused-ring (bicyclic) bond motifs is 1. The molecular weight excluding hydrogens is 333 g/mol. The molecule has 0 bridgehead atoms. The van der Waals surface area contributed by atoms with Crippen molar-refractivity contribution in [2.24, 2.45) is 0 Å². The molecule has 1 saturated carbocycles. The van der Waals surface area contributed by atoms with Crippen LogP contribution in [0.25, 0.3) is 0 Å². The van der Waals surface area contributed by atoms with Gasteiger partial charge in [0.1, 0.15) is 11.6 Å². The molecule has 0 spiro atoms. The minimum absolute atomic E-state index is 0.0892. The van der Waals surface area contributed by atoms with Gasteiger partial charge >= 0.3 is 7.12 Å². The normalized spacial score (nSPS) is 22.4. The number of rotatable bonds is 5. The lowest BCUT2D eigenvalue weighted by Crippen LogP contribution is -2.42. The molecule has 3 rings (SSSR count). The van der Waals surface area contributed by atoms with E-state index in [4.69, 9.17) is 9.31 Å². The zero-order chi connectivity index (χ0) is 17.8. The van der Waals surface area contributed by atoms with E-state index < -0.39 is 36.1 Å². The third-order valence-corrected chi connectivity index (χ3v) is 4.34. The van der Waals surface area contributed by atoms with Gasteiger partial charge in [-0.3, -0.25) is 9.59 Å². The Balaban J connectivity index is 1.41. The van der Waals surface area contributed by atoms with E-state index in [1.54, 1.807) is 0 Å². The molecule has 2 amide bonds. The van der Waals surface area contributed by atoms with Crippen LogP contribution in [0.4, 0.5) is 8.78 Å². The summed E-state index contributed by atoms with van der Waals surface area (Å²) in [5, 5.41) is 4.85. The van der Waals surface area contributed by atoms with Crippen LogP contribution in [0.5, 0.6) is 0 Å². The highest BCUT2D eigenvalue weighted by molar-refractivity contribution is 6.45. The van der Waals surface area contributed by atoms with Gasteiger partial charge in [0.2, 0.25) is 5.91 Å². The fourth-order valence-corrected chi connectivity index (χ4v) is 3.08. The summed E-state index contributed by atoms with van der Waals surface area (Å²) in [6, 6.07) is 2.56. The van der Waals surface area contributed by atoms with Crippen molar-refractivity contribution in [2.75, 3.05) is 13.0 Å². The lowest BCUT2D eigenvalue weighted by Gasteiger charge is -2.22. The first-order valence-corrected chi connectivity index (χ1v) is 8.34. The number of nitrogens with one attached hydrogen (secondary N) is 2. The van der Waals surface area contributed by atoms with Crippen molar-refractivity contribution in [1.29, 1.82) is 0 Å². The van der Waals surface area contributed by atoms with E-state index in [0.29, 0.717) is 0 Å². The van der Waals surface area contributed by atoms with E-state index in [1.165, 1.54) is 0 Å². The van der Waals surface area contributed by atoms with Crippen LogP contribution in [0.1, 0.15) is 36.0 Å². The average molecular weight is 352 g/mol. The van der Waals surface area contributed by atoms with Gasteiger partial charge < -0.3 is 19.9 Å². The molecule has 2 N–H and O–H groups in total. The minimum Gasteiger partial charge on any atom is -0.405 e. The van der Waals surface area contributed by atoms with Gasteiger partial charge in [-0.15, -0.1) is 0 Å². The molecule has 2 atom stereocenters. The Labute approximate surface area is 144 Å². The predicted octanol–water partition coefficient (Wildman–Crippen LogP) is 1.20. The quantitative estimate of drug-likeness (QED) is 0.781. The fourth-order valence-electron chi connectivity index (χ4n) is 3.08. The molecule has 1 aromatic rings. The Morgan fingerprint density at radius 1 is 1.12 bits per heavy atom. The van der Waals surface area contributed by atoms with E-state index in [2.05, 4.69) is 10.6 Å². The van der Waals surface area contributed by atoms with Gasteiger partial charge in [-0.05, 0) is 31.0 Å². The van der Waals surface area contributed by atoms with Gasteiger partial charge in [-0.2, -0.15) is 0 Å². The smallest absolute Gasteiger partial charge is 0.405 e. The Bertz CT molecular complexity index is 647. The first kappa shape index (κ1) is 17.8. The Morgan fingerprint density at radius 3 is 2.48 bits per heavy atom. The second-order valence-corrected chi connectivity index (χ2v) is 6.17. The maximum absolute atomic E-state index is 13.5. The standard InChI is InChI=1S/C16H19BF2N2O4/c18-10-5-6-12(19)11(7-10)16(23)20-8-15(22)21-9-17-24-13-3-1-2-4-14(13)25-17/h5-7,13-14H,1-4,8-9H2,(H,20,23)(H,21,22)/t13-,14+. The van der Waals surface area contributed by atoms with Crippen molar-refractivity contribution < 1.29 is 27.7 Å². The first-order chi connectivity index (χ1) is 12.0. The molecule has 25 heavy (non-hydrogen) atoms. The van der Waals surface area contributed by atoms with Crippen LogP contribution >= 0.6 is 0 Å². The number of carbonyl (C=O) groups is 2. The van der Waals surface area contributed by atoms with Gasteiger partial charge in [0.25, 0.3) is 5.91 Å². The number of benzene rings is 1. The summed E-state index contributed by atoms with van der Waals surface area (Å²) in [6.07, 6.45) is 4.51. The van der Waals surface area contributed by atoms with E-state index in [1.807, 2.05) is 0 Å². The lowest BCUT2D eigenvalue weighted by atomic mass is 9.91. The second-order valence-electron chi connectivity index (χ2n) is 6.17. The monoisotopic (exact) mass is 352 g/mol. The average Bonchev–Trinajstić information content (AvgIpc) is 3.03. The molecule has 134 valence electrons. The predicted molar refractivity (Wildman–Crippen MR) is 85.7 cm³/mol. The molecule has 0 radical (unpaired) electrons. The summed E-state index contributed by atoms with van der Waals surface area (Å²) < 4.78 is 38.0. The Kier molecular flexibility index (Phi) is 5.65. The number of hydrogen-bond donors (Lipinski definition) is 2. The summed E-state index contributed by atoms with van der Waals surface area (Å²) in [6.45, 7) is -0.353. The molecule has 1 heterocycles. The summed E-state index contributed by atoms with van der Waals surface area (Å²) in [7, 11) is -0.492. The summed E-state index contributed by atoms with van der Waals surface area (Å²) in [4.78, 5) is 23.6. The number of amides is 2. The van der Waals surface area contributed by atoms with E-state index in [-0.39, 0.29) is 25.2 Å². The third-order valence-electron chi connectivity index (χ3n) is 4.34. The third kappa shape index (κ3) is 4.55. The van der Waals surface area contributed by atoms with Gasteiger partial charge in [0, 0.05) is 0 Å². The Hall–Kier alpha value is -2.00. The molecule has 6 nitrogen and oxygen atoms in total. The molecule has 2 aliphatic rings. The highest BCUT2D eigenvalue weighted by Gasteiger charge is 2.40. The molecule has 0 unspecified atom stereocenters. The fraction of sp³-hybridized carbons (Fsp3) is 0.500. The van der Waals surface area contributed by atoms with Crippen molar-refractivity contribution in [1.82, 2.24) is 10.6 Å². The highest BCUT2D eigenvalue weighted by atomic mass is 19.1. The van der Waals surface area contributed by atoms with Gasteiger partial charge in [-0.1, -0.05) is 12.8 Å². The van der Waals surface area contributed by atoms with Crippen LogP contribution in [-0.2, 0) is 14.1 Å². The van der Waals surface area contributed by atoms with Crippen LogP contribution in [-0.4, -0.2) is 44.1 Å². The van der Waals surface area contributed by atoms with Crippen molar-refractivity contribution in [3.8, 4) is 0 Å². The molecule has 1 aromatic carbocycles. The summed E-state index contributed by atoms with van der Waals surface area (Å²) in [5.74, 6) is -2.90. The first-order valence-electron chi connectivity index (χ1n) is 8.34. The molecule has 2 fully saturated rings. The van der Waals surface area contributed by atoms with Gasteiger partial charge in [-0.25, -0.2) is 8.78 Å². The lowest BCUT2D eigenvalue weighted by molar-refractivity contribution is -0.119. The van der Waals surface area contributed by atoms with E-state index in [0.717, 1.165) is 43.9 Å². The van der Waals surface area contributed by atoms with Crippen molar-refractivity contribution in [2.45, 2.75) is 37.9 Å². The highest BCUT2D eigenvalue weighted by Crippen LogP contribution is 2.29. The van der Waals surface area contributed by atoms with Crippen LogP contribution in [0.3, 0.4) is 0 Å². The van der Waals surface area contributed by atoms with Crippen molar-refractivity contribution >= 4 is 18.9 Å². The SMILES string of the molecule is O=C(CNC(=O)c1cc(F)ccc1F)NCB1O[C@H]2CCCC[C@H]2O1. The minimum atomic E-state index is -0.855. The number of hydrogen-bond acceptors (Lipinski definition) is 4. The second kappa shape index (κ2) is 7.92. The molecule has 1 saturated heterocycles. The van der Waals surface area contributed by atoms with Crippen LogP contribution in [0.15, 0.2) is 18.2 Å². The van der Waals surface area contributed by atoms with Crippen LogP contribution in [0, 0.1) is 11.6 Å². The van der Waals surface area contributed by atoms with Crippen molar-refractivity contribution in [3.63, 3.8) is 0 Å². The number of carbonyl (C=O) groups excluding carboxylic acids is 2. The van der Waals surface area contributed by atoms with E-state index in [9.17, 15) is 18.4 Å². The molecule has 1 aliphatic carbocycles. The molecule has 1 aliphatic heterocycles. The summed E-state index contributed by atoms with van der Waals surface area (Å²) >= 11 is 0. The molecular formula is C16H19BF2N2O4. The van der Waals surface area contributed by atoms with E-state index >= 15 is 0 Å². The van der Waals surface area contributed by atoms with Crippen LogP contribution in [0.2, 0.25) is 0 Å². The summed E-state index contributed by atoms with van der Waals surface area (Å²) in [5.41, 5.74) is -0.445. The Morgan fingerprint density at radius 2 is 1.80 bits per heavy atom. The largest absolute Gasteiger partial charge is 0.478 e. The van der Waals surface area contributed by atoms with Gasteiger partial charge in [0.15, 0.2) is 0 Å². The molecule has 0 aromatic heterocycles. The topological polar surface area (TPSA) is 76.7 Å². The zero-order valence-corrected chi connectivity index (χ0v) is 13.6. The number of halogens is 2.